The summed E-state index contributed by atoms with van der Waals surface area (Å²) < 4.78 is 53.3. The second kappa shape index (κ2) is 11.9. The molecular formula is C26H29F3N2O5. The van der Waals surface area contributed by atoms with E-state index >= 15 is 0 Å². The lowest BCUT2D eigenvalue weighted by Gasteiger charge is -2.09. The van der Waals surface area contributed by atoms with Gasteiger partial charge >= 0.3 is 12.1 Å². The first-order chi connectivity index (χ1) is 17.1. The Kier molecular flexibility index (Phi) is 8.98. The van der Waals surface area contributed by atoms with E-state index in [1.807, 2.05) is 6.07 Å². The van der Waals surface area contributed by atoms with Gasteiger partial charge in [0.15, 0.2) is 28.8 Å². The number of carbonyl (C=O) groups is 1. The predicted octanol–water partition coefficient (Wildman–Crippen LogP) is 5.61. The lowest BCUT2D eigenvalue weighted by molar-refractivity contribution is -0.137. The van der Waals surface area contributed by atoms with Crippen LogP contribution in [0, 0.1) is 12.8 Å². The van der Waals surface area contributed by atoms with Crippen molar-refractivity contribution in [3.05, 3.63) is 65.2 Å². The van der Waals surface area contributed by atoms with Crippen LogP contribution >= 0.6 is 0 Å². The molecule has 2 aromatic carbocycles. The zero-order chi connectivity index (χ0) is 26.3. The highest BCUT2D eigenvalue weighted by Gasteiger charge is 2.31. The van der Waals surface area contributed by atoms with Gasteiger partial charge in [-0.25, -0.2) is 9.78 Å². The first-order valence-electron chi connectivity index (χ1n) is 11.4. The summed E-state index contributed by atoms with van der Waals surface area (Å²) >= 11 is 0. The van der Waals surface area contributed by atoms with Gasteiger partial charge in [-0.2, -0.15) is 13.2 Å². The van der Waals surface area contributed by atoms with E-state index in [1.165, 1.54) is 44.0 Å². The molecule has 1 aliphatic carbocycles. The molecular weight excluding hydrogens is 477 g/mol. The molecule has 0 spiro atoms. The van der Waals surface area contributed by atoms with Crippen molar-refractivity contribution in [1.29, 1.82) is 0 Å². The van der Waals surface area contributed by atoms with Crippen LogP contribution < -0.4 is 14.8 Å². The number of hydrogen-bond acceptors (Lipinski definition) is 6. The lowest BCUT2D eigenvalue weighted by atomic mass is 10.1. The topological polar surface area (TPSA) is 93.8 Å². The van der Waals surface area contributed by atoms with Gasteiger partial charge in [0, 0.05) is 12.5 Å². The van der Waals surface area contributed by atoms with E-state index in [4.69, 9.17) is 19.0 Å². The fraction of sp³-hybridized carbons (Fsp3) is 0.385. The molecule has 1 fully saturated rings. The molecule has 1 aliphatic rings. The molecule has 0 amide bonds. The van der Waals surface area contributed by atoms with Crippen molar-refractivity contribution in [2.45, 2.75) is 32.4 Å². The second-order valence-corrected chi connectivity index (χ2v) is 8.38. The van der Waals surface area contributed by atoms with Gasteiger partial charge in [0.05, 0.1) is 19.8 Å². The highest BCUT2D eigenvalue weighted by molar-refractivity contribution is 5.92. The van der Waals surface area contributed by atoms with Crippen molar-refractivity contribution in [2.75, 3.05) is 27.3 Å². The van der Waals surface area contributed by atoms with Crippen LogP contribution in [0.3, 0.4) is 0 Å². The number of aromatic nitrogens is 1. The largest absolute Gasteiger partial charge is 0.493 e. The molecule has 2 N–H and O–H groups in total. The van der Waals surface area contributed by atoms with Crippen molar-refractivity contribution in [3.8, 4) is 22.8 Å². The Morgan fingerprint density at radius 3 is 2.47 bits per heavy atom. The minimum absolute atomic E-state index is 0.0211. The number of nitrogens with zero attached hydrogens (tertiary/aromatic N) is 1. The third kappa shape index (κ3) is 7.48. The number of rotatable bonds is 9. The summed E-state index contributed by atoms with van der Waals surface area (Å²) in [5.41, 5.74) is 0.0194. The number of aromatic carboxylic acids is 1. The van der Waals surface area contributed by atoms with Crippen LogP contribution in [0.4, 0.5) is 13.2 Å². The molecule has 194 valence electrons. The number of alkyl halides is 3. The van der Waals surface area contributed by atoms with Gasteiger partial charge < -0.3 is 24.3 Å². The van der Waals surface area contributed by atoms with Gasteiger partial charge in [0.1, 0.15) is 0 Å². The minimum atomic E-state index is -4.51. The van der Waals surface area contributed by atoms with Crippen LogP contribution in [0.15, 0.2) is 46.9 Å². The predicted molar refractivity (Wildman–Crippen MR) is 127 cm³/mol. The summed E-state index contributed by atoms with van der Waals surface area (Å²) in [6.07, 6.45) is -0.658. The smallest absolute Gasteiger partial charge is 0.416 e. The first kappa shape index (κ1) is 27.1. The molecule has 4 rings (SSSR count). The van der Waals surface area contributed by atoms with E-state index in [1.54, 1.807) is 14.2 Å². The Labute approximate surface area is 207 Å². The van der Waals surface area contributed by atoms with Gasteiger partial charge in [0.2, 0.25) is 0 Å². The summed E-state index contributed by atoms with van der Waals surface area (Å²) in [5, 5.41) is 12.4. The summed E-state index contributed by atoms with van der Waals surface area (Å²) in [7, 11) is 3.34. The molecule has 1 heterocycles. The maximum absolute atomic E-state index is 12.6. The van der Waals surface area contributed by atoms with Gasteiger partial charge in [-0.15, -0.1) is 0 Å². The Morgan fingerprint density at radius 2 is 1.86 bits per heavy atom. The number of halogens is 3. The quantitative estimate of drug-likeness (QED) is 0.364. The SMILES string of the molecule is COc1ccc(CCNCC2CC2)cc1OC.Cc1nc(C(=O)O)c(-c2cccc(C(F)(F)F)c2)o1. The number of carboxylic acid groups (broad SMARTS) is 1. The molecule has 1 saturated carbocycles. The molecule has 0 atom stereocenters. The lowest BCUT2D eigenvalue weighted by Crippen LogP contribution is -2.19. The highest BCUT2D eigenvalue weighted by atomic mass is 19.4. The Balaban J connectivity index is 0.000000202. The zero-order valence-corrected chi connectivity index (χ0v) is 20.3. The standard InChI is InChI=1S/C14H21NO2.C12H8F3NO3/c1-16-13-6-5-11(9-14(13)17-2)7-8-15-10-12-3-4-12;1-6-16-9(11(17)18)10(19-6)7-3-2-4-8(5-7)12(13,14)15/h5-6,9,12,15H,3-4,7-8,10H2,1-2H3;2-5H,1H3,(H,17,18). The van der Waals surface area contributed by atoms with Gasteiger partial charge in [-0.1, -0.05) is 18.2 Å². The van der Waals surface area contributed by atoms with Crippen LogP contribution in [-0.4, -0.2) is 43.4 Å². The van der Waals surface area contributed by atoms with Crippen molar-refractivity contribution in [3.63, 3.8) is 0 Å². The number of carboxylic acids is 1. The highest BCUT2D eigenvalue weighted by Crippen LogP contribution is 2.33. The number of nitrogens with one attached hydrogen (secondary N) is 1. The monoisotopic (exact) mass is 506 g/mol. The number of aryl methyl sites for hydroxylation is 1. The molecule has 3 aromatic rings. The van der Waals surface area contributed by atoms with Crippen LogP contribution in [0.2, 0.25) is 0 Å². The Hall–Kier alpha value is -3.53. The molecule has 7 nitrogen and oxygen atoms in total. The molecule has 36 heavy (non-hydrogen) atoms. The summed E-state index contributed by atoms with van der Waals surface area (Å²) in [6.45, 7) is 3.63. The van der Waals surface area contributed by atoms with E-state index in [0.717, 1.165) is 42.5 Å². The number of benzene rings is 2. The van der Waals surface area contributed by atoms with Crippen LogP contribution in [-0.2, 0) is 12.6 Å². The van der Waals surface area contributed by atoms with Crippen LogP contribution in [0.1, 0.15) is 40.3 Å². The Bertz CT molecular complexity index is 1170. The van der Waals surface area contributed by atoms with Crippen molar-refractivity contribution in [2.24, 2.45) is 5.92 Å². The maximum atomic E-state index is 12.6. The molecule has 0 radical (unpaired) electrons. The summed E-state index contributed by atoms with van der Waals surface area (Å²) in [6, 6.07) is 10.4. The van der Waals surface area contributed by atoms with Crippen LogP contribution in [0.25, 0.3) is 11.3 Å². The fourth-order valence-corrected chi connectivity index (χ4v) is 3.50. The average Bonchev–Trinajstić information content (AvgIpc) is 3.60. The third-order valence-electron chi connectivity index (χ3n) is 5.56. The summed E-state index contributed by atoms with van der Waals surface area (Å²) in [5.74, 6) is 1.08. The molecule has 1 aromatic heterocycles. The van der Waals surface area contributed by atoms with E-state index in [2.05, 4.69) is 22.4 Å². The fourth-order valence-electron chi connectivity index (χ4n) is 3.50. The molecule has 0 unspecified atom stereocenters. The van der Waals surface area contributed by atoms with Crippen molar-refractivity contribution < 1.29 is 37.0 Å². The van der Waals surface area contributed by atoms with E-state index in [-0.39, 0.29) is 17.2 Å². The van der Waals surface area contributed by atoms with Gasteiger partial charge in [-0.05, 0) is 68.1 Å². The number of oxazole rings is 1. The van der Waals surface area contributed by atoms with Gasteiger partial charge in [0.25, 0.3) is 0 Å². The molecule has 0 bridgehead atoms. The van der Waals surface area contributed by atoms with Crippen molar-refractivity contribution in [1.82, 2.24) is 10.3 Å². The van der Waals surface area contributed by atoms with E-state index < -0.39 is 23.4 Å². The number of methoxy groups -OCH3 is 2. The average molecular weight is 507 g/mol. The zero-order valence-electron chi connectivity index (χ0n) is 20.3. The third-order valence-corrected chi connectivity index (χ3v) is 5.56. The van der Waals surface area contributed by atoms with Crippen LogP contribution in [0.5, 0.6) is 11.5 Å². The summed E-state index contributed by atoms with van der Waals surface area (Å²) in [4.78, 5) is 14.6. The maximum Gasteiger partial charge on any atom is 0.416 e. The molecule has 10 heteroatoms. The van der Waals surface area contributed by atoms with Crippen molar-refractivity contribution >= 4 is 5.97 Å². The second-order valence-electron chi connectivity index (χ2n) is 8.38. The molecule has 0 aliphatic heterocycles. The Morgan fingerprint density at radius 1 is 1.14 bits per heavy atom. The van der Waals surface area contributed by atoms with Gasteiger partial charge in [-0.3, -0.25) is 0 Å². The number of hydrogen-bond donors (Lipinski definition) is 2. The minimum Gasteiger partial charge on any atom is -0.493 e. The van der Waals surface area contributed by atoms with E-state index in [9.17, 15) is 18.0 Å². The normalized spacial score (nSPS) is 13.1. The first-order valence-corrected chi connectivity index (χ1v) is 11.4. The molecule has 0 saturated heterocycles. The number of ether oxygens (including phenoxy) is 2. The van der Waals surface area contributed by atoms with E-state index in [0.29, 0.717) is 0 Å².